The summed E-state index contributed by atoms with van der Waals surface area (Å²) in [5.41, 5.74) is 1.05. The van der Waals surface area contributed by atoms with Gasteiger partial charge in [0.25, 0.3) is 0 Å². The summed E-state index contributed by atoms with van der Waals surface area (Å²) < 4.78 is 49.9. The predicted molar refractivity (Wildman–Crippen MR) is 127 cm³/mol. The van der Waals surface area contributed by atoms with Crippen molar-refractivity contribution in [1.29, 1.82) is 0 Å². The highest BCUT2D eigenvalue weighted by atomic mass is 32.2. The van der Waals surface area contributed by atoms with Gasteiger partial charge < -0.3 is 24.3 Å². The lowest BCUT2D eigenvalue weighted by Crippen LogP contribution is -2.28. The van der Waals surface area contributed by atoms with E-state index in [1.807, 2.05) is 0 Å². The number of benzene rings is 2. The fourth-order valence-corrected chi connectivity index (χ4v) is 5.55. The van der Waals surface area contributed by atoms with Gasteiger partial charge in [-0.3, -0.25) is 4.79 Å². The van der Waals surface area contributed by atoms with Crippen LogP contribution in [0.4, 0.5) is 5.69 Å². The lowest BCUT2D eigenvalue weighted by atomic mass is 10.1. The van der Waals surface area contributed by atoms with E-state index in [0.717, 1.165) is 12.8 Å². The van der Waals surface area contributed by atoms with Gasteiger partial charge in [0.05, 0.1) is 13.7 Å². The van der Waals surface area contributed by atoms with Crippen LogP contribution < -0.4 is 24.3 Å². The molecule has 1 saturated heterocycles. The van der Waals surface area contributed by atoms with Crippen LogP contribution in [-0.2, 0) is 14.8 Å². The van der Waals surface area contributed by atoms with Gasteiger partial charge in [0.1, 0.15) is 23.9 Å². The minimum atomic E-state index is -3.72. The molecular formula is C24H28N2O7S. The number of amides is 1. The Balaban J connectivity index is 1.53. The van der Waals surface area contributed by atoms with E-state index in [2.05, 4.69) is 5.32 Å². The van der Waals surface area contributed by atoms with Crippen LogP contribution in [0.2, 0.25) is 0 Å². The number of fused-ring (bicyclic) bond motifs is 1. The molecule has 0 unspecified atom stereocenters. The molecule has 2 aromatic rings. The third kappa shape index (κ3) is 5.13. The first kappa shape index (κ1) is 23.9. The Morgan fingerprint density at radius 1 is 1.12 bits per heavy atom. The number of nitrogens with one attached hydrogen (secondary N) is 1. The fourth-order valence-electron chi connectivity index (χ4n) is 3.88. The lowest BCUT2D eigenvalue weighted by Gasteiger charge is -2.20. The molecule has 0 atom stereocenters. The normalized spacial score (nSPS) is 15.9. The highest BCUT2D eigenvalue weighted by Gasteiger charge is 2.30. The summed E-state index contributed by atoms with van der Waals surface area (Å²) in [6.07, 6.45) is 4.63. The highest BCUT2D eigenvalue weighted by molar-refractivity contribution is 7.89. The number of rotatable bonds is 8. The van der Waals surface area contributed by atoms with Crippen LogP contribution in [0.3, 0.4) is 0 Å². The standard InChI is InChI=1S/C24H28N2O7S/c1-3-31-19-8-7-18(16-22(19)34(28,29)26-10-4-5-11-26)25-23(27)9-6-17-14-20(30-2)24-21(15-17)32-12-13-33-24/h6-9,14-16H,3-5,10-13H2,1-2H3,(H,25,27)/b9-6+. The summed E-state index contributed by atoms with van der Waals surface area (Å²) in [5.74, 6) is 1.46. The van der Waals surface area contributed by atoms with E-state index in [1.165, 1.54) is 23.6 Å². The van der Waals surface area contributed by atoms with Crippen molar-refractivity contribution in [2.45, 2.75) is 24.7 Å². The maximum atomic E-state index is 13.1. The first-order chi connectivity index (χ1) is 16.4. The first-order valence-corrected chi connectivity index (χ1v) is 12.6. The number of nitrogens with zero attached hydrogens (tertiary/aromatic N) is 1. The zero-order valence-corrected chi connectivity index (χ0v) is 20.0. The third-order valence-corrected chi connectivity index (χ3v) is 7.39. The minimum absolute atomic E-state index is 0.0506. The molecule has 0 aliphatic carbocycles. The molecule has 2 heterocycles. The van der Waals surface area contributed by atoms with Crippen molar-refractivity contribution in [1.82, 2.24) is 4.31 Å². The maximum Gasteiger partial charge on any atom is 0.248 e. The van der Waals surface area contributed by atoms with E-state index < -0.39 is 15.9 Å². The molecule has 2 aromatic carbocycles. The first-order valence-electron chi connectivity index (χ1n) is 11.2. The van der Waals surface area contributed by atoms with Crippen molar-refractivity contribution in [2.75, 3.05) is 45.3 Å². The van der Waals surface area contributed by atoms with Crippen molar-refractivity contribution in [2.24, 2.45) is 0 Å². The monoisotopic (exact) mass is 488 g/mol. The molecule has 1 fully saturated rings. The number of methoxy groups -OCH3 is 1. The van der Waals surface area contributed by atoms with E-state index in [0.29, 0.717) is 61.4 Å². The van der Waals surface area contributed by atoms with Crippen molar-refractivity contribution in [3.63, 3.8) is 0 Å². The van der Waals surface area contributed by atoms with Gasteiger partial charge in [-0.2, -0.15) is 4.31 Å². The van der Waals surface area contributed by atoms with E-state index in [4.69, 9.17) is 18.9 Å². The third-order valence-electron chi connectivity index (χ3n) is 5.47. The van der Waals surface area contributed by atoms with Crippen LogP contribution in [0.15, 0.2) is 41.3 Å². The molecule has 10 heteroatoms. The zero-order valence-electron chi connectivity index (χ0n) is 19.2. The second-order valence-corrected chi connectivity index (χ2v) is 9.68. The molecule has 182 valence electrons. The molecule has 0 spiro atoms. The minimum Gasteiger partial charge on any atom is -0.493 e. The average Bonchev–Trinajstić information content (AvgIpc) is 3.39. The van der Waals surface area contributed by atoms with Gasteiger partial charge in [0.15, 0.2) is 11.5 Å². The van der Waals surface area contributed by atoms with E-state index >= 15 is 0 Å². The Morgan fingerprint density at radius 2 is 1.88 bits per heavy atom. The molecule has 2 aliphatic rings. The van der Waals surface area contributed by atoms with Crippen LogP contribution in [0.1, 0.15) is 25.3 Å². The smallest absolute Gasteiger partial charge is 0.248 e. The van der Waals surface area contributed by atoms with Crippen LogP contribution in [0.5, 0.6) is 23.0 Å². The Hall–Kier alpha value is -3.24. The number of anilines is 1. The fraction of sp³-hybridized carbons (Fsp3) is 0.375. The lowest BCUT2D eigenvalue weighted by molar-refractivity contribution is -0.111. The van der Waals surface area contributed by atoms with Crippen molar-refractivity contribution < 1.29 is 32.2 Å². The van der Waals surface area contributed by atoms with Gasteiger partial charge in [0.2, 0.25) is 21.7 Å². The Morgan fingerprint density at radius 3 is 2.62 bits per heavy atom. The quantitative estimate of drug-likeness (QED) is 0.569. The average molecular weight is 489 g/mol. The SMILES string of the molecule is CCOc1ccc(NC(=O)/C=C/c2cc(OC)c3c(c2)OCCO3)cc1S(=O)(=O)N1CCCC1. The van der Waals surface area contributed by atoms with Gasteiger partial charge in [-0.15, -0.1) is 0 Å². The molecule has 0 bridgehead atoms. The number of hydrogen-bond donors (Lipinski definition) is 1. The molecular weight excluding hydrogens is 460 g/mol. The highest BCUT2D eigenvalue weighted by Crippen LogP contribution is 2.40. The molecule has 34 heavy (non-hydrogen) atoms. The molecule has 0 saturated carbocycles. The molecule has 2 aliphatic heterocycles. The molecule has 0 aromatic heterocycles. The van der Waals surface area contributed by atoms with E-state index in [-0.39, 0.29) is 10.6 Å². The van der Waals surface area contributed by atoms with Gasteiger partial charge in [-0.1, -0.05) is 0 Å². The van der Waals surface area contributed by atoms with Gasteiger partial charge in [0, 0.05) is 24.9 Å². The summed E-state index contributed by atoms with van der Waals surface area (Å²) in [4.78, 5) is 12.6. The van der Waals surface area contributed by atoms with Gasteiger partial charge in [-0.05, 0) is 61.7 Å². The van der Waals surface area contributed by atoms with Crippen molar-refractivity contribution in [3.8, 4) is 23.0 Å². The molecule has 4 rings (SSSR count). The predicted octanol–water partition coefficient (Wildman–Crippen LogP) is 3.30. The summed E-state index contributed by atoms with van der Waals surface area (Å²) in [7, 11) is -2.19. The number of carbonyl (C=O) groups is 1. The number of hydrogen-bond acceptors (Lipinski definition) is 7. The Bertz CT molecular complexity index is 1170. The maximum absolute atomic E-state index is 13.1. The van der Waals surface area contributed by atoms with Crippen molar-refractivity contribution >= 4 is 27.7 Å². The summed E-state index contributed by atoms with van der Waals surface area (Å²) >= 11 is 0. The largest absolute Gasteiger partial charge is 0.493 e. The van der Waals surface area contributed by atoms with Crippen LogP contribution >= 0.6 is 0 Å². The van der Waals surface area contributed by atoms with Crippen LogP contribution in [0.25, 0.3) is 6.08 Å². The molecule has 0 radical (unpaired) electrons. The number of ether oxygens (including phenoxy) is 4. The molecule has 9 nitrogen and oxygen atoms in total. The van der Waals surface area contributed by atoms with E-state index in [9.17, 15) is 13.2 Å². The molecule has 1 N–H and O–H groups in total. The summed E-state index contributed by atoms with van der Waals surface area (Å²) in [6.45, 7) is 3.96. The van der Waals surface area contributed by atoms with Crippen LogP contribution in [-0.4, -0.2) is 58.7 Å². The van der Waals surface area contributed by atoms with Gasteiger partial charge in [-0.25, -0.2) is 8.42 Å². The second kappa shape index (κ2) is 10.4. The zero-order chi connectivity index (χ0) is 24.1. The summed E-state index contributed by atoms with van der Waals surface area (Å²) in [6, 6.07) is 8.13. The Labute approximate surface area is 199 Å². The topological polar surface area (TPSA) is 103 Å². The van der Waals surface area contributed by atoms with E-state index in [1.54, 1.807) is 37.3 Å². The number of sulfonamides is 1. The van der Waals surface area contributed by atoms with Crippen LogP contribution in [0, 0.1) is 0 Å². The van der Waals surface area contributed by atoms with Gasteiger partial charge >= 0.3 is 0 Å². The molecule has 1 amide bonds. The van der Waals surface area contributed by atoms with Crippen molar-refractivity contribution in [3.05, 3.63) is 42.0 Å². The summed E-state index contributed by atoms with van der Waals surface area (Å²) in [5, 5.41) is 2.72. The second-order valence-electron chi connectivity index (χ2n) is 7.78. The number of carbonyl (C=O) groups excluding carboxylic acids is 1. The Kier molecular flexibility index (Phi) is 7.28.